The summed E-state index contributed by atoms with van der Waals surface area (Å²) in [5.41, 5.74) is -0.694. The Balaban J connectivity index is 2.25. The van der Waals surface area contributed by atoms with E-state index in [0.29, 0.717) is 6.04 Å². The first-order chi connectivity index (χ1) is 7.89. The van der Waals surface area contributed by atoms with Gasteiger partial charge in [0, 0.05) is 11.6 Å². The van der Waals surface area contributed by atoms with E-state index >= 15 is 0 Å². The van der Waals surface area contributed by atoms with E-state index in [-0.39, 0.29) is 18.9 Å². The van der Waals surface area contributed by atoms with Crippen LogP contribution in [0.25, 0.3) is 0 Å². The van der Waals surface area contributed by atoms with Crippen LogP contribution in [0.3, 0.4) is 0 Å². The number of rotatable bonds is 6. The topological polar surface area (TPSA) is 78.4 Å². The molecule has 98 valence electrons. The van der Waals surface area contributed by atoms with Crippen molar-refractivity contribution in [1.82, 2.24) is 10.6 Å². The first-order valence-electron chi connectivity index (χ1n) is 6.15. The van der Waals surface area contributed by atoms with Crippen LogP contribution in [-0.4, -0.2) is 35.1 Å². The number of aliphatic carboxylic acids is 1. The Morgan fingerprint density at radius 3 is 2.41 bits per heavy atom. The minimum Gasteiger partial charge on any atom is -0.481 e. The zero-order valence-corrected chi connectivity index (χ0v) is 10.6. The molecule has 0 aliphatic heterocycles. The fourth-order valence-corrected chi connectivity index (χ4v) is 2.21. The van der Waals surface area contributed by atoms with Crippen molar-refractivity contribution in [3.63, 3.8) is 0 Å². The fraction of sp³-hybridized carbons (Fsp3) is 0.833. The average Bonchev–Trinajstić information content (AvgIpc) is 2.63. The molecule has 1 aliphatic rings. The van der Waals surface area contributed by atoms with E-state index in [1.807, 2.05) is 0 Å². The Bertz CT molecular complexity index is 283. The highest BCUT2D eigenvalue weighted by atomic mass is 16.4. The Morgan fingerprint density at radius 1 is 1.29 bits per heavy atom. The zero-order valence-electron chi connectivity index (χ0n) is 10.6. The Morgan fingerprint density at radius 2 is 1.88 bits per heavy atom. The molecule has 0 spiro atoms. The number of amides is 1. The highest BCUT2D eigenvalue weighted by Crippen LogP contribution is 2.17. The second kappa shape index (κ2) is 6.00. The van der Waals surface area contributed by atoms with E-state index in [4.69, 9.17) is 5.11 Å². The van der Waals surface area contributed by atoms with Gasteiger partial charge in [-0.15, -0.1) is 0 Å². The van der Waals surface area contributed by atoms with E-state index in [1.54, 1.807) is 13.8 Å². The molecule has 0 saturated heterocycles. The van der Waals surface area contributed by atoms with Gasteiger partial charge >= 0.3 is 5.97 Å². The number of carboxylic acids is 1. The van der Waals surface area contributed by atoms with Crippen molar-refractivity contribution in [3.8, 4) is 0 Å². The lowest BCUT2D eigenvalue weighted by Gasteiger charge is -2.24. The number of carboxylic acid groups (broad SMARTS) is 1. The first-order valence-corrected chi connectivity index (χ1v) is 6.15. The molecule has 1 aliphatic carbocycles. The Hall–Kier alpha value is -1.10. The van der Waals surface area contributed by atoms with Crippen molar-refractivity contribution >= 4 is 11.9 Å². The van der Waals surface area contributed by atoms with E-state index in [0.717, 1.165) is 12.8 Å². The van der Waals surface area contributed by atoms with Crippen molar-refractivity contribution in [1.29, 1.82) is 0 Å². The molecule has 5 nitrogen and oxygen atoms in total. The summed E-state index contributed by atoms with van der Waals surface area (Å²) in [7, 11) is 0. The van der Waals surface area contributed by atoms with Crippen LogP contribution >= 0.6 is 0 Å². The Labute approximate surface area is 102 Å². The van der Waals surface area contributed by atoms with Gasteiger partial charge in [0.25, 0.3) is 0 Å². The molecule has 5 heteroatoms. The molecular weight excluding hydrogens is 220 g/mol. The minimum absolute atomic E-state index is 0.0673. The van der Waals surface area contributed by atoms with Gasteiger partial charge in [0.2, 0.25) is 5.91 Å². The lowest BCUT2D eigenvalue weighted by molar-refractivity contribution is -0.138. The van der Waals surface area contributed by atoms with E-state index in [1.165, 1.54) is 12.8 Å². The predicted octanol–water partition coefficient (Wildman–Crippen LogP) is 0.888. The summed E-state index contributed by atoms with van der Waals surface area (Å²) in [5, 5.41) is 14.6. The molecule has 17 heavy (non-hydrogen) atoms. The number of hydrogen-bond acceptors (Lipinski definition) is 3. The van der Waals surface area contributed by atoms with Crippen LogP contribution in [0.5, 0.6) is 0 Å². The second-order valence-corrected chi connectivity index (χ2v) is 5.36. The molecule has 0 unspecified atom stereocenters. The van der Waals surface area contributed by atoms with Gasteiger partial charge in [-0.3, -0.25) is 9.59 Å². The molecule has 1 fully saturated rings. The van der Waals surface area contributed by atoms with Gasteiger partial charge in [-0.2, -0.15) is 0 Å². The average molecular weight is 242 g/mol. The van der Waals surface area contributed by atoms with Crippen LogP contribution in [0.4, 0.5) is 0 Å². The molecule has 1 rings (SSSR count). The molecule has 0 radical (unpaired) electrons. The van der Waals surface area contributed by atoms with Crippen LogP contribution < -0.4 is 10.6 Å². The molecule has 0 aromatic rings. The second-order valence-electron chi connectivity index (χ2n) is 5.36. The summed E-state index contributed by atoms with van der Waals surface area (Å²) in [6.07, 6.45) is 4.65. The normalized spacial score (nSPS) is 17.1. The molecule has 0 aromatic carbocycles. The van der Waals surface area contributed by atoms with E-state index in [9.17, 15) is 9.59 Å². The van der Waals surface area contributed by atoms with Crippen LogP contribution in [-0.2, 0) is 9.59 Å². The van der Waals surface area contributed by atoms with Gasteiger partial charge in [-0.05, 0) is 26.7 Å². The van der Waals surface area contributed by atoms with Crippen molar-refractivity contribution in [2.75, 3.05) is 6.54 Å². The maximum Gasteiger partial charge on any atom is 0.305 e. The number of hydrogen-bond donors (Lipinski definition) is 3. The first kappa shape index (κ1) is 14.0. The van der Waals surface area contributed by atoms with Crippen LogP contribution in [0.15, 0.2) is 0 Å². The van der Waals surface area contributed by atoms with Gasteiger partial charge in [-0.1, -0.05) is 12.8 Å². The van der Waals surface area contributed by atoms with E-state index in [2.05, 4.69) is 10.6 Å². The summed E-state index contributed by atoms with van der Waals surface area (Å²) in [5.74, 6) is -1.04. The van der Waals surface area contributed by atoms with Gasteiger partial charge in [0.15, 0.2) is 0 Å². The maximum absolute atomic E-state index is 11.6. The predicted molar refractivity (Wildman–Crippen MR) is 64.7 cm³/mol. The van der Waals surface area contributed by atoms with E-state index < -0.39 is 11.5 Å². The largest absolute Gasteiger partial charge is 0.481 e. The Kier molecular flexibility index (Phi) is 4.93. The molecule has 0 bridgehead atoms. The lowest BCUT2D eigenvalue weighted by Crippen LogP contribution is -2.49. The monoisotopic (exact) mass is 242 g/mol. The minimum atomic E-state index is -0.904. The molecule has 1 saturated carbocycles. The maximum atomic E-state index is 11.6. The molecule has 1 amide bonds. The zero-order chi connectivity index (χ0) is 12.9. The van der Waals surface area contributed by atoms with Crippen LogP contribution in [0.2, 0.25) is 0 Å². The molecule has 3 N–H and O–H groups in total. The highest BCUT2D eigenvalue weighted by Gasteiger charge is 2.24. The van der Waals surface area contributed by atoms with Crippen LogP contribution in [0.1, 0.15) is 46.0 Å². The summed E-state index contributed by atoms with van der Waals surface area (Å²) >= 11 is 0. The smallest absolute Gasteiger partial charge is 0.305 e. The third-order valence-electron chi connectivity index (χ3n) is 2.98. The van der Waals surface area contributed by atoms with Crippen molar-refractivity contribution in [2.45, 2.75) is 57.5 Å². The highest BCUT2D eigenvalue weighted by molar-refractivity contribution is 5.79. The van der Waals surface area contributed by atoms with Gasteiger partial charge in [-0.25, -0.2) is 0 Å². The fourth-order valence-electron chi connectivity index (χ4n) is 2.21. The molecule has 0 heterocycles. The number of nitrogens with one attached hydrogen (secondary N) is 2. The molecular formula is C12H22N2O3. The quantitative estimate of drug-likeness (QED) is 0.646. The van der Waals surface area contributed by atoms with Crippen molar-refractivity contribution in [3.05, 3.63) is 0 Å². The summed E-state index contributed by atoms with van der Waals surface area (Å²) in [4.78, 5) is 22.2. The summed E-state index contributed by atoms with van der Waals surface area (Å²) in [6, 6.07) is 0.448. The van der Waals surface area contributed by atoms with Gasteiger partial charge in [0.1, 0.15) is 0 Å². The summed E-state index contributed by atoms with van der Waals surface area (Å²) in [6.45, 7) is 3.71. The third-order valence-corrected chi connectivity index (χ3v) is 2.98. The lowest BCUT2D eigenvalue weighted by atomic mass is 10.0. The van der Waals surface area contributed by atoms with Crippen LogP contribution in [0, 0.1) is 0 Å². The number of carbonyl (C=O) groups is 2. The molecule has 0 atom stereocenters. The number of carbonyl (C=O) groups excluding carboxylic acids is 1. The van der Waals surface area contributed by atoms with Crippen molar-refractivity contribution < 1.29 is 14.7 Å². The van der Waals surface area contributed by atoms with Crippen molar-refractivity contribution in [2.24, 2.45) is 0 Å². The SMILES string of the molecule is CC(C)(CC(=O)O)NC(=O)CNC1CCCC1. The molecule has 0 aromatic heterocycles. The standard InChI is InChI=1S/C12H22N2O3/c1-12(2,7-11(16)17)14-10(15)8-13-9-5-3-4-6-9/h9,13H,3-8H2,1-2H3,(H,14,15)(H,16,17). The summed E-state index contributed by atoms with van der Waals surface area (Å²) < 4.78 is 0. The third kappa shape index (κ3) is 5.68. The van der Waals surface area contributed by atoms with Gasteiger partial charge in [0.05, 0.1) is 13.0 Å². The van der Waals surface area contributed by atoms with Gasteiger partial charge < -0.3 is 15.7 Å².